The quantitative estimate of drug-likeness (QED) is 0.759. The maximum absolute atomic E-state index is 12.3. The number of rotatable bonds is 2. The van der Waals surface area contributed by atoms with E-state index < -0.39 is 18.0 Å². The third-order valence-corrected chi connectivity index (χ3v) is 2.65. The number of nitrogens with zero attached hydrogens (tertiary/aromatic N) is 2. The maximum atomic E-state index is 12.3. The molecule has 5 heteroatoms. The lowest BCUT2D eigenvalue weighted by atomic mass is 10.0. The van der Waals surface area contributed by atoms with Gasteiger partial charge in [0.2, 0.25) is 0 Å². The summed E-state index contributed by atoms with van der Waals surface area (Å²) in [6.45, 7) is 1.81. The van der Waals surface area contributed by atoms with Crippen molar-refractivity contribution in [2.45, 2.75) is 37.8 Å². The van der Waals surface area contributed by atoms with Crippen molar-refractivity contribution < 1.29 is 13.2 Å². The van der Waals surface area contributed by atoms with Crippen LogP contribution in [0.25, 0.3) is 0 Å². The molecule has 0 spiro atoms. The number of alkyl halides is 3. The van der Waals surface area contributed by atoms with Gasteiger partial charge in [0.15, 0.2) is 0 Å². The second-order valence-corrected chi connectivity index (χ2v) is 4.16. The molecular formula is C10H11F3N2. The Morgan fingerprint density at radius 1 is 1.27 bits per heavy atom. The number of aryl methyl sites for hydroxylation is 1. The summed E-state index contributed by atoms with van der Waals surface area (Å²) < 4.78 is 36.9. The van der Waals surface area contributed by atoms with E-state index in [4.69, 9.17) is 0 Å². The van der Waals surface area contributed by atoms with E-state index >= 15 is 0 Å². The van der Waals surface area contributed by atoms with E-state index in [9.17, 15) is 13.2 Å². The van der Waals surface area contributed by atoms with E-state index in [1.165, 1.54) is 0 Å². The highest BCUT2D eigenvalue weighted by molar-refractivity contribution is 5.19. The first-order valence-corrected chi connectivity index (χ1v) is 4.77. The lowest BCUT2D eigenvalue weighted by Gasteiger charge is -2.15. The van der Waals surface area contributed by atoms with Crippen molar-refractivity contribution >= 4 is 0 Å². The maximum Gasteiger partial charge on any atom is 0.390 e. The SMILES string of the molecule is Cc1cnc(C2(CC(F)(F)F)CC2)nc1. The van der Waals surface area contributed by atoms with Gasteiger partial charge in [-0.1, -0.05) is 0 Å². The van der Waals surface area contributed by atoms with Crippen molar-refractivity contribution in [2.24, 2.45) is 0 Å². The molecule has 1 aliphatic carbocycles. The Balaban J connectivity index is 2.20. The minimum Gasteiger partial charge on any atom is -0.241 e. The lowest BCUT2D eigenvalue weighted by molar-refractivity contribution is -0.141. The number of hydrogen-bond acceptors (Lipinski definition) is 2. The number of aromatic nitrogens is 2. The summed E-state index contributed by atoms with van der Waals surface area (Å²) in [6.07, 6.45) is -0.726. The van der Waals surface area contributed by atoms with Crippen LogP contribution in [0.15, 0.2) is 12.4 Å². The monoisotopic (exact) mass is 216 g/mol. The van der Waals surface area contributed by atoms with Gasteiger partial charge in [0, 0.05) is 17.8 Å². The molecular weight excluding hydrogens is 205 g/mol. The molecule has 15 heavy (non-hydrogen) atoms. The van der Waals surface area contributed by atoms with Crippen LogP contribution in [-0.2, 0) is 5.41 Å². The first-order chi connectivity index (χ1) is 6.91. The van der Waals surface area contributed by atoms with Gasteiger partial charge in [-0.3, -0.25) is 0 Å². The highest BCUT2D eigenvalue weighted by atomic mass is 19.4. The van der Waals surface area contributed by atoms with Crippen LogP contribution < -0.4 is 0 Å². The zero-order valence-electron chi connectivity index (χ0n) is 8.30. The predicted octanol–water partition coefficient (Wildman–Crippen LogP) is 2.77. The van der Waals surface area contributed by atoms with E-state index in [2.05, 4.69) is 9.97 Å². The predicted molar refractivity (Wildman–Crippen MR) is 48.4 cm³/mol. The molecule has 0 aromatic carbocycles. The van der Waals surface area contributed by atoms with E-state index in [-0.39, 0.29) is 0 Å². The Morgan fingerprint density at radius 2 is 1.80 bits per heavy atom. The van der Waals surface area contributed by atoms with Gasteiger partial charge < -0.3 is 0 Å². The smallest absolute Gasteiger partial charge is 0.241 e. The molecule has 0 N–H and O–H groups in total. The third kappa shape index (κ3) is 2.27. The summed E-state index contributed by atoms with van der Waals surface area (Å²) in [6, 6.07) is 0. The fourth-order valence-electron chi connectivity index (χ4n) is 1.68. The van der Waals surface area contributed by atoms with Crippen LogP contribution in [0.5, 0.6) is 0 Å². The molecule has 1 fully saturated rings. The van der Waals surface area contributed by atoms with Crippen molar-refractivity contribution in [1.82, 2.24) is 9.97 Å². The molecule has 1 aromatic rings. The van der Waals surface area contributed by atoms with E-state index in [0.717, 1.165) is 5.56 Å². The largest absolute Gasteiger partial charge is 0.390 e. The van der Waals surface area contributed by atoms with Crippen molar-refractivity contribution in [1.29, 1.82) is 0 Å². The Kier molecular flexibility index (Phi) is 2.20. The topological polar surface area (TPSA) is 25.8 Å². The molecule has 2 rings (SSSR count). The van der Waals surface area contributed by atoms with Crippen LogP contribution in [0.3, 0.4) is 0 Å². The highest BCUT2D eigenvalue weighted by Gasteiger charge is 2.53. The summed E-state index contributed by atoms with van der Waals surface area (Å²) in [5.74, 6) is 0.338. The molecule has 1 aromatic heterocycles. The summed E-state index contributed by atoms with van der Waals surface area (Å²) in [4.78, 5) is 7.97. The fraction of sp³-hybridized carbons (Fsp3) is 0.600. The van der Waals surface area contributed by atoms with E-state index in [1.807, 2.05) is 6.92 Å². The first kappa shape index (κ1) is 10.4. The van der Waals surface area contributed by atoms with Crippen molar-refractivity contribution in [3.05, 3.63) is 23.8 Å². The lowest BCUT2D eigenvalue weighted by Crippen LogP contribution is -2.21. The van der Waals surface area contributed by atoms with Crippen LogP contribution in [0, 0.1) is 6.92 Å². The molecule has 0 bridgehead atoms. The Labute approximate surface area is 85.6 Å². The van der Waals surface area contributed by atoms with Gasteiger partial charge >= 0.3 is 6.18 Å². The van der Waals surface area contributed by atoms with Crippen LogP contribution in [0.4, 0.5) is 13.2 Å². The molecule has 0 unspecified atom stereocenters. The van der Waals surface area contributed by atoms with Gasteiger partial charge in [0.1, 0.15) is 5.82 Å². The molecule has 0 atom stereocenters. The standard InChI is InChI=1S/C10H11F3N2/c1-7-4-14-8(15-5-7)9(2-3-9)6-10(11,12)13/h4-5H,2-3,6H2,1H3. The van der Waals surface area contributed by atoms with Crippen molar-refractivity contribution in [2.75, 3.05) is 0 Å². The second-order valence-electron chi connectivity index (χ2n) is 4.16. The molecule has 0 radical (unpaired) electrons. The van der Waals surface area contributed by atoms with Gasteiger partial charge in [-0.2, -0.15) is 13.2 Å². The minimum absolute atomic E-state index is 0.338. The van der Waals surface area contributed by atoms with Crippen LogP contribution >= 0.6 is 0 Å². The van der Waals surface area contributed by atoms with Crippen LogP contribution in [0.1, 0.15) is 30.7 Å². The molecule has 2 nitrogen and oxygen atoms in total. The summed E-state index contributed by atoms with van der Waals surface area (Å²) >= 11 is 0. The van der Waals surface area contributed by atoms with Crippen molar-refractivity contribution in [3.8, 4) is 0 Å². The van der Waals surface area contributed by atoms with Gasteiger partial charge in [-0.25, -0.2) is 9.97 Å². The second kappa shape index (κ2) is 3.18. The number of hydrogen-bond donors (Lipinski definition) is 0. The molecule has 0 saturated heterocycles. The van der Waals surface area contributed by atoms with Crippen molar-refractivity contribution in [3.63, 3.8) is 0 Å². The zero-order valence-corrected chi connectivity index (χ0v) is 8.30. The molecule has 82 valence electrons. The molecule has 1 aliphatic rings. The number of halogens is 3. The minimum atomic E-state index is -4.13. The zero-order chi connectivity index (χ0) is 11.1. The summed E-state index contributed by atoms with van der Waals surface area (Å²) in [5, 5.41) is 0. The van der Waals surface area contributed by atoms with Crippen LogP contribution in [0.2, 0.25) is 0 Å². The average Bonchev–Trinajstić information content (AvgIpc) is 2.83. The van der Waals surface area contributed by atoms with Gasteiger partial charge in [-0.05, 0) is 25.3 Å². The molecule has 0 aliphatic heterocycles. The highest BCUT2D eigenvalue weighted by Crippen LogP contribution is 2.53. The summed E-state index contributed by atoms with van der Waals surface area (Å²) in [7, 11) is 0. The summed E-state index contributed by atoms with van der Waals surface area (Å²) in [5.41, 5.74) is 0.0351. The Morgan fingerprint density at radius 3 is 2.20 bits per heavy atom. The molecule has 1 saturated carbocycles. The van der Waals surface area contributed by atoms with E-state index in [1.54, 1.807) is 12.4 Å². The van der Waals surface area contributed by atoms with Gasteiger partial charge in [-0.15, -0.1) is 0 Å². The third-order valence-electron chi connectivity index (χ3n) is 2.65. The molecule has 0 amide bonds. The fourth-order valence-corrected chi connectivity index (χ4v) is 1.68. The molecule has 1 heterocycles. The average molecular weight is 216 g/mol. The Bertz CT molecular complexity index is 352. The Hall–Kier alpha value is -1.13. The van der Waals surface area contributed by atoms with Crippen LogP contribution in [-0.4, -0.2) is 16.1 Å². The first-order valence-electron chi connectivity index (χ1n) is 4.77. The van der Waals surface area contributed by atoms with Gasteiger partial charge in [0.25, 0.3) is 0 Å². The normalized spacial score (nSPS) is 18.9. The van der Waals surface area contributed by atoms with E-state index in [0.29, 0.717) is 18.7 Å². The van der Waals surface area contributed by atoms with Gasteiger partial charge in [0.05, 0.1) is 6.42 Å².